The molecule has 3 atom stereocenters. The molecule has 2 aliphatic rings. The van der Waals surface area contributed by atoms with Gasteiger partial charge in [-0.3, -0.25) is 24.5 Å². The van der Waals surface area contributed by atoms with E-state index in [0.717, 1.165) is 19.4 Å². The second-order valence-corrected chi connectivity index (χ2v) is 6.86. The third-order valence-electron chi connectivity index (χ3n) is 4.80. The molecule has 10 heteroatoms. The second-order valence-electron chi connectivity index (χ2n) is 6.86. The zero-order valence-electron chi connectivity index (χ0n) is 14.9. The van der Waals surface area contributed by atoms with Crippen molar-refractivity contribution in [2.24, 2.45) is 0 Å². The summed E-state index contributed by atoms with van der Waals surface area (Å²) in [4.78, 5) is 55.5. The molecule has 2 saturated heterocycles. The molecule has 0 spiro atoms. The van der Waals surface area contributed by atoms with E-state index in [0.29, 0.717) is 18.5 Å². The van der Waals surface area contributed by atoms with Gasteiger partial charge in [-0.2, -0.15) is 0 Å². The van der Waals surface area contributed by atoms with E-state index in [1.165, 1.54) is 6.33 Å². The Balaban J connectivity index is 1.63. The molecular weight excluding hydrogens is 352 g/mol. The van der Waals surface area contributed by atoms with Crippen molar-refractivity contribution in [2.45, 2.75) is 56.7 Å². The van der Waals surface area contributed by atoms with E-state index in [1.54, 1.807) is 6.20 Å². The lowest BCUT2D eigenvalue weighted by molar-refractivity contribution is -0.135. The van der Waals surface area contributed by atoms with Gasteiger partial charge >= 0.3 is 0 Å². The molecule has 146 valence electrons. The van der Waals surface area contributed by atoms with Crippen LogP contribution in [0.15, 0.2) is 12.5 Å². The van der Waals surface area contributed by atoms with Crippen LogP contribution in [0.3, 0.4) is 0 Å². The van der Waals surface area contributed by atoms with Gasteiger partial charge in [0.05, 0.1) is 12.4 Å². The first-order valence-electron chi connectivity index (χ1n) is 9.18. The molecule has 4 amide bonds. The Morgan fingerprint density at radius 2 is 2.04 bits per heavy atom. The SMILES string of the molecule is O=C1CC[C@@H](C(=O)N[C@@H](Cc2cnc[nH]2)C(=O)NC(=O)C2CCCCN2)N1. The summed E-state index contributed by atoms with van der Waals surface area (Å²) in [5.41, 5.74) is 0.647. The molecule has 1 aromatic rings. The fourth-order valence-corrected chi connectivity index (χ4v) is 3.28. The molecule has 0 aliphatic carbocycles. The fraction of sp³-hybridized carbons (Fsp3) is 0.588. The van der Waals surface area contributed by atoms with E-state index in [1.807, 2.05) is 0 Å². The van der Waals surface area contributed by atoms with Crippen LogP contribution in [0.2, 0.25) is 0 Å². The number of carbonyl (C=O) groups is 4. The van der Waals surface area contributed by atoms with E-state index in [9.17, 15) is 19.2 Å². The van der Waals surface area contributed by atoms with Crippen LogP contribution in [0.5, 0.6) is 0 Å². The Labute approximate surface area is 156 Å². The van der Waals surface area contributed by atoms with E-state index in [2.05, 4.69) is 31.2 Å². The van der Waals surface area contributed by atoms with Gasteiger partial charge in [-0.25, -0.2) is 4.98 Å². The Morgan fingerprint density at radius 3 is 2.67 bits per heavy atom. The summed E-state index contributed by atoms with van der Waals surface area (Å²) in [6.07, 6.45) is 6.44. The number of hydrogen-bond acceptors (Lipinski definition) is 6. The standard InChI is InChI=1S/C17H24N6O4/c24-14-5-4-12(21-14)16(26)22-13(7-10-8-18-9-20-10)17(27)23-15(25)11-3-1-2-6-19-11/h8-9,11-13,19H,1-7H2,(H,18,20)(H,21,24)(H,22,26)(H,23,25,27)/t11?,12-,13-/m0/s1. The van der Waals surface area contributed by atoms with E-state index in [-0.39, 0.29) is 18.7 Å². The number of nitrogens with zero attached hydrogens (tertiary/aromatic N) is 1. The number of imide groups is 1. The maximum atomic E-state index is 12.6. The number of carbonyl (C=O) groups excluding carboxylic acids is 4. The number of imidazole rings is 1. The summed E-state index contributed by atoms with van der Waals surface area (Å²) in [5.74, 6) is -1.61. The first-order chi connectivity index (χ1) is 13.0. The van der Waals surface area contributed by atoms with Crippen LogP contribution in [-0.2, 0) is 25.6 Å². The van der Waals surface area contributed by atoms with Crippen LogP contribution >= 0.6 is 0 Å². The Hall–Kier alpha value is -2.75. The maximum Gasteiger partial charge on any atom is 0.249 e. The average molecular weight is 376 g/mol. The molecule has 0 bridgehead atoms. The fourth-order valence-electron chi connectivity index (χ4n) is 3.28. The van der Waals surface area contributed by atoms with E-state index in [4.69, 9.17) is 0 Å². The third kappa shape index (κ3) is 5.13. The van der Waals surface area contributed by atoms with Gasteiger partial charge in [0.15, 0.2) is 0 Å². The number of aromatic amines is 1. The van der Waals surface area contributed by atoms with Crippen molar-refractivity contribution < 1.29 is 19.2 Å². The molecule has 0 aromatic carbocycles. The number of aromatic nitrogens is 2. The zero-order chi connectivity index (χ0) is 19.2. The van der Waals surface area contributed by atoms with Crippen LogP contribution in [0, 0.1) is 0 Å². The lowest BCUT2D eigenvalue weighted by Gasteiger charge is -2.24. The Morgan fingerprint density at radius 1 is 1.19 bits per heavy atom. The first kappa shape index (κ1) is 19.0. The minimum atomic E-state index is -0.956. The molecule has 3 rings (SSSR count). The van der Waals surface area contributed by atoms with Crippen molar-refractivity contribution in [2.75, 3.05) is 6.54 Å². The summed E-state index contributed by atoms with van der Waals surface area (Å²) in [6.45, 7) is 0.738. The maximum absolute atomic E-state index is 12.6. The molecule has 1 unspecified atom stereocenters. The average Bonchev–Trinajstić information content (AvgIpc) is 3.33. The summed E-state index contributed by atoms with van der Waals surface area (Å²) in [6, 6.07) is -2.02. The second kappa shape index (κ2) is 8.76. The zero-order valence-corrected chi connectivity index (χ0v) is 14.9. The van der Waals surface area contributed by atoms with Gasteiger partial charge in [0.2, 0.25) is 23.6 Å². The number of piperidine rings is 1. The monoisotopic (exact) mass is 376 g/mol. The third-order valence-corrected chi connectivity index (χ3v) is 4.80. The van der Waals surface area contributed by atoms with Crippen molar-refractivity contribution in [1.82, 2.24) is 31.2 Å². The summed E-state index contributed by atoms with van der Waals surface area (Å²) in [5, 5.41) is 10.7. The molecule has 0 saturated carbocycles. The lowest BCUT2D eigenvalue weighted by Crippen LogP contribution is -2.56. The van der Waals surface area contributed by atoms with Crippen molar-refractivity contribution in [1.29, 1.82) is 0 Å². The molecule has 0 radical (unpaired) electrons. The minimum absolute atomic E-state index is 0.156. The highest BCUT2D eigenvalue weighted by atomic mass is 16.2. The van der Waals surface area contributed by atoms with Crippen LogP contribution in [0.25, 0.3) is 0 Å². The van der Waals surface area contributed by atoms with Gasteiger partial charge in [-0.15, -0.1) is 0 Å². The van der Waals surface area contributed by atoms with Crippen LogP contribution in [0.1, 0.15) is 37.8 Å². The molecule has 27 heavy (non-hydrogen) atoms. The molecule has 10 nitrogen and oxygen atoms in total. The molecule has 3 heterocycles. The smallest absolute Gasteiger partial charge is 0.249 e. The lowest BCUT2D eigenvalue weighted by atomic mass is 10.0. The van der Waals surface area contributed by atoms with E-state index >= 15 is 0 Å². The predicted octanol–water partition coefficient (Wildman–Crippen LogP) is -1.50. The number of nitrogens with one attached hydrogen (secondary N) is 5. The van der Waals surface area contributed by atoms with E-state index < -0.39 is 35.8 Å². The number of hydrogen-bond donors (Lipinski definition) is 5. The van der Waals surface area contributed by atoms with Gasteiger partial charge in [0, 0.05) is 24.7 Å². The van der Waals surface area contributed by atoms with Gasteiger partial charge in [0.25, 0.3) is 0 Å². The summed E-state index contributed by atoms with van der Waals surface area (Å²) >= 11 is 0. The molecule has 1 aromatic heterocycles. The summed E-state index contributed by atoms with van der Waals surface area (Å²) < 4.78 is 0. The van der Waals surface area contributed by atoms with Crippen molar-refractivity contribution in [3.05, 3.63) is 18.2 Å². The number of rotatable bonds is 6. The normalized spacial score (nSPS) is 23.3. The largest absolute Gasteiger partial charge is 0.348 e. The van der Waals surface area contributed by atoms with Crippen LogP contribution in [-0.4, -0.2) is 58.3 Å². The highest BCUT2D eigenvalue weighted by molar-refractivity contribution is 6.02. The topological polar surface area (TPSA) is 145 Å². The molecular formula is C17H24N6O4. The van der Waals surface area contributed by atoms with Crippen molar-refractivity contribution >= 4 is 23.6 Å². The first-order valence-corrected chi connectivity index (χ1v) is 9.18. The Bertz CT molecular complexity index is 698. The molecule has 5 N–H and O–H groups in total. The van der Waals surface area contributed by atoms with Crippen LogP contribution < -0.4 is 21.3 Å². The molecule has 2 fully saturated rings. The number of H-pyrrole nitrogens is 1. The predicted molar refractivity (Wildman–Crippen MR) is 94.2 cm³/mol. The van der Waals surface area contributed by atoms with Gasteiger partial charge in [0.1, 0.15) is 12.1 Å². The molecule has 2 aliphatic heterocycles. The van der Waals surface area contributed by atoms with Crippen molar-refractivity contribution in [3.63, 3.8) is 0 Å². The highest BCUT2D eigenvalue weighted by Gasteiger charge is 2.32. The number of amides is 4. The van der Waals surface area contributed by atoms with Gasteiger partial charge in [-0.1, -0.05) is 6.42 Å². The van der Waals surface area contributed by atoms with Crippen molar-refractivity contribution in [3.8, 4) is 0 Å². The van der Waals surface area contributed by atoms with Gasteiger partial charge in [-0.05, 0) is 25.8 Å². The quantitative estimate of drug-likeness (QED) is 0.409. The Kier molecular flexibility index (Phi) is 6.17. The van der Waals surface area contributed by atoms with Gasteiger partial charge < -0.3 is 20.9 Å². The highest BCUT2D eigenvalue weighted by Crippen LogP contribution is 2.09. The summed E-state index contributed by atoms with van der Waals surface area (Å²) in [7, 11) is 0. The minimum Gasteiger partial charge on any atom is -0.348 e. The van der Waals surface area contributed by atoms with Crippen LogP contribution in [0.4, 0.5) is 0 Å².